The van der Waals surface area contributed by atoms with Crippen LogP contribution in [0.25, 0.3) is 0 Å². The number of benzene rings is 4. The van der Waals surface area contributed by atoms with Gasteiger partial charge in [-0.1, -0.05) is 69.3 Å². The Labute approximate surface area is 254 Å². The van der Waals surface area contributed by atoms with Crippen LogP contribution < -0.4 is 4.74 Å². The van der Waals surface area contributed by atoms with Gasteiger partial charge in [0.25, 0.3) is 0 Å². The number of halogens is 2. The predicted molar refractivity (Wildman–Crippen MR) is 167 cm³/mol. The number of ether oxygens (including phenoxy) is 1. The van der Waals surface area contributed by atoms with E-state index in [0.29, 0.717) is 16.9 Å². The molecule has 1 N–H and O–H groups in total. The molecule has 4 aromatic rings. The highest BCUT2D eigenvalue weighted by Gasteiger charge is 2.35. The van der Waals surface area contributed by atoms with Gasteiger partial charge >= 0.3 is 0 Å². The molecular weight excluding hydrogens is 566 g/mol. The van der Waals surface area contributed by atoms with E-state index in [1.807, 2.05) is 26.0 Å². The van der Waals surface area contributed by atoms with Crippen molar-refractivity contribution in [2.75, 3.05) is 13.3 Å². The maximum Gasteiger partial charge on any atom is 0.206 e. The summed E-state index contributed by atoms with van der Waals surface area (Å²) in [6.07, 6.45) is 1.93. The van der Waals surface area contributed by atoms with Crippen LogP contribution in [0.2, 0.25) is 0 Å². The summed E-state index contributed by atoms with van der Waals surface area (Å²) in [5, 5.41) is 9.60. The number of hydrogen-bond donors (Lipinski definition) is 1. The SMILES string of the molecule is CCC(C)(CC)c1ccc(S(=O)(=O)c2ccc(C(C)(C)Oc3ccc(C(CF)(CF)c4ccc(O)cc4)cc3)cc2)cc1. The second-order valence-corrected chi connectivity index (χ2v) is 13.8. The van der Waals surface area contributed by atoms with E-state index in [-0.39, 0.29) is 21.0 Å². The zero-order valence-corrected chi connectivity index (χ0v) is 26.2. The van der Waals surface area contributed by atoms with Crippen molar-refractivity contribution in [1.29, 1.82) is 0 Å². The van der Waals surface area contributed by atoms with Crippen molar-refractivity contribution in [3.8, 4) is 11.5 Å². The first-order valence-electron chi connectivity index (χ1n) is 14.5. The highest BCUT2D eigenvalue weighted by molar-refractivity contribution is 7.91. The maximum atomic E-state index is 14.3. The fourth-order valence-corrected chi connectivity index (χ4v) is 6.61. The first kappa shape index (κ1) is 32.2. The third kappa shape index (κ3) is 6.32. The van der Waals surface area contributed by atoms with Crippen molar-refractivity contribution < 1.29 is 27.0 Å². The van der Waals surface area contributed by atoms with E-state index in [1.165, 1.54) is 24.3 Å². The van der Waals surface area contributed by atoms with Crippen molar-refractivity contribution in [3.63, 3.8) is 0 Å². The summed E-state index contributed by atoms with van der Waals surface area (Å²) in [4.78, 5) is 0.444. The third-order valence-electron chi connectivity index (χ3n) is 8.94. The summed E-state index contributed by atoms with van der Waals surface area (Å²) in [7, 11) is -3.70. The molecule has 0 aliphatic rings. The largest absolute Gasteiger partial charge is 0.508 e. The summed E-state index contributed by atoms with van der Waals surface area (Å²) < 4.78 is 61.6. The van der Waals surface area contributed by atoms with Gasteiger partial charge in [-0.05, 0) is 103 Å². The standard InChI is InChI=1S/C36H40F2O4S/c1-6-35(5,7-2)27-14-22-33(23-15-27)43(40,41)32-20-12-26(13-21-32)34(3,4)42-31-18-10-29(11-19-31)36(24-37,25-38)28-8-16-30(39)17-9-28/h8-23,39H,6-7,24-25H2,1-5H3. The molecule has 0 spiro atoms. The maximum absolute atomic E-state index is 14.3. The Bertz CT molecular complexity index is 1600. The summed E-state index contributed by atoms with van der Waals surface area (Å²) in [6, 6.07) is 26.3. The van der Waals surface area contributed by atoms with Gasteiger partial charge in [0, 0.05) is 0 Å². The monoisotopic (exact) mass is 606 g/mol. The molecule has 0 atom stereocenters. The Morgan fingerprint density at radius 2 is 1.02 bits per heavy atom. The van der Waals surface area contributed by atoms with Gasteiger partial charge in [0.2, 0.25) is 9.84 Å². The van der Waals surface area contributed by atoms with Crippen molar-refractivity contribution in [2.24, 2.45) is 0 Å². The minimum Gasteiger partial charge on any atom is -0.508 e. The zero-order chi connectivity index (χ0) is 31.5. The molecule has 4 rings (SSSR count). The minimum atomic E-state index is -3.70. The topological polar surface area (TPSA) is 63.6 Å². The number of rotatable bonds is 12. The van der Waals surface area contributed by atoms with Crippen LogP contribution in [-0.4, -0.2) is 26.9 Å². The lowest BCUT2D eigenvalue weighted by molar-refractivity contribution is 0.108. The van der Waals surface area contributed by atoms with Crippen LogP contribution in [-0.2, 0) is 26.3 Å². The zero-order valence-electron chi connectivity index (χ0n) is 25.4. The average Bonchev–Trinajstić information content (AvgIpc) is 3.03. The highest BCUT2D eigenvalue weighted by atomic mass is 32.2. The van der Waals surface area contributed by atoms with E-state index < -0.39 is 34.2 Å². The molecule has 43 heavy (non-hydrogen) atoms. The lowest BCUT2D eigenvalue weighted by atomic mass is 9.76. The van der Waals surface area contributed by atoms with Crippen LogP contribution in [0.1, 0.15) is 69.7 Å². The van der Waals surface area contributed by atoms with Crippen LogP contribution in [0, 0.1) is 0 Å². The molecule has 0 aliphatic heterocycles. The van der Waals surface area contributed by atoms with Crippen molar-refractivity contribution in [3.05, 3.63) is 119 Å². The van der Waals surface area contributed by atoms with E-state index >= 15 is 0 Å². The van der Waals surface area contributed by atoms with Crippen LogP contribution >= 0.6 is 0 Å². The molecule has 0 saturated carbocycles. The van der Waals surface area contributed by atoms with Gasteiger partial charge in [-0.25, -0.2) is 17.2 Å². The van der Waals surface area contributed by atoms with Crippen LogP contribution in [0.3, 0.4) is 0 Å². The molecule has 0 bridgehead atoms. The number of phenolic OH excluding ortho intramolecular Hbond substituents is 1. The van der Waals surface area contributed by atoms with Gasteiger partial charge in [-0.15, -0.1) is 0 Å². The molecule has 0 fully saturated rings. The lowest BCUT2D eigenvalue weighted by Gasteiger charge is -2.30. The van der Waals surface area contributed by atoms with Gasteiger partial charge in [-0.2, -0.15) is 0 Å². The summed E-state index contributed by atoms with van der Waals surface area (Å²) >= 11 is 0. The number of aromatic hydroxyl groups is 1. The summed E-state index contributed by atoms with van der Waals surface area (Å²) in [6.45, 7) is 8.30. The first-order chi connectivity index (χ1) is 20.3. The van der Waals surface area contributed by atoms with E-state index in [9.17, 15) is 22.3 Å². The Kier molecular flexibility index (Phi) is 9.36. The molecule has 0 aromatic heterocycles. The molecule has 0 unspecified atom stereocenters. The van der Waals surface area contributed by atoms with Crippen molar-refractivity contribution in [1.82, 2.24) is 0 Å². The Morgan fingerprint density at radius 3 is 1.44 bits per heavy atom. The number of hydrogen-bond acceptors (Lipinski definition) is 4. The predicted octanol–water partition coefficient (Wildman–Crippen LogP) is 8.84. The van der Waals surface area contributed by atoms with E-state index in [2.05, 4.69) is 20.8 Å². The molecule has 228 valence electrons. The second kappa shape index (κ2) is 12.5. The lowest BCUT2D eigenvalue weighted by Crippen LogP contribution is -2.33. The number of sulfone groups is 1. The Morgan fingerprint density at radius 1 is 0.628 bits per heavy atom. The van der Waals surface area contributed by atoms with Crippen molar-refractivity contribution in [2.45, 2.75) is 73.7 Å². The third-order valence-corrected chi connectivity index (χ3v) is 10.7. The summed E-state index contributed by atoms with van der Waals surface area (Å²) in [5.74, 6) is 0.515. The molecule has 0 heterocycles. The molecule has 0 amide bonds. The van der Waals surface area contributed by atoms with E-state index in [1.54, 1.807) is 60.7 Å². The minimum absolute atomic E-state index is 0.00618. The second-order valence-electron chi connectivity index (χ2n) is 11.9. The van der Waals surface area contributed by atoms with Gasteiger partial charge in [0.05, 0.1) is 15.2 Å². The molecule has 0 saturated heterocycles. The number of alkyl halides is 2. The Hall–Kier alpha value is -3.71. The van der Waals surface area contributed by atoms with Crippen molar-refractivity contribution >= 4 is 9.84 Å². The smallest absolute Gasteiger partial charge is 0.206 e. The van der Waals surface area contributed by atoms with Crippen LogP contribution in [0.5, 0.6) is 11.5 Å². The fourth-order valence-electron chi connectivity index (χ4n) is 5.35. The molecular formula is C36H40F2O4S. The van der Waals surface area contributed by atoms with Gasteiger partial charge in [-0.3, -0.25) is 0 Å². The molecule has 4 nitrogen and oxygen atoms in total. The highest BCUT2D eigenvalue weighted by Crippen LogP contribution is 2.37. The molecule has 4 aromatic carbocycles. The molecule has 7 heteroatoms. The summed E-state index contributed by atoms with van der Waals surface area (Å²) in [5.41, 5.74) is 0.449. The first-order valence-corrected chi connectivity index (χ1v) is 16.0. The fraction of sp³-hybridized carbons (Fsp3) is 0.333. The van der Waals surface area contributed by atoms with E-state index in [4.69, 9.17) is 4.74 Å². The normalized spacial score (nSPS) is 12.7. The quantitative estimate of drug-likeness (QED) is 0.175. The molecule has 0 aliphatic carbocycles. The van der Waals surface area contributed by atoms with Gasteiger partial charge in [0.15, 0.2) is 0 Å². The molecule has 0 radical (unpaired) electrons. The van der Waals surface area contributed by atoms with Gasteiger partial charge < -0.3 is 9.84 Å². The average molecular weight is 607 g/mol. The number of phenols is 1. The van der Waals surface area contributed by atoms with Crippen LogP contribution in [0.4, 0.5) is 8.78 Å². The Balaban J connectivity index is 1.52. The van der Waals surface area contributed by atoms with Gasteiger partial charge in [0.1, 0.15) is 30.4 Å². The van der Waals surface area contributed by atoms with E-state index in [0.717, 1.165) is 24.0 Å². The van der Waals surface area contributed by atoms with Crippen LogP contribution in [0.15, 0.2) is 107 Å².